The number of anilines is 2. The number of amides is 1. The van der Waals surface area contributed by atoms with Gasteiger partial charge in [0.1, 0.15) is 17.2 Å². The Balaban J connectivity index is 1.94. The van der Waals surface area contributed by atoms with E-state index in [1.54, 1.807) is 11.3 Å². The van der Waals surface area contributed by atoms with Crippen molar-refractivity contribution in [2.45, 2.75) is 6.92 Å². The molecule has 4 rings (SSSR count). The molecule has 0 spiro atoms. The van der Waals surface area contributed by atoms with Gasteiger partial charge in [0.2, 0.25) is 0 Å². The van der Waals surface area contributed by atoms with E-state index in [0.29, 0.717) is 11.5 Å². The predicted molar refractivity (Wildman–Crippen MR) is 101 cm³/mol. The van der Waals surface area contributed by atoms with Crippen molar-refractivity contribution in [1.29, 1.82) is 0 Å². The lowest BCUT2D eigenvalue weighted by molar-refractivity contribution is 0.187. The Morgan fingerprint density at radius 3 is 2.88 bits per heavy atom. The minimum Gasteiger partial charge on any atom is -0.453 e. The number of fused-ring (bicyclic) bond motifs is 3. The molecule has 0 saturated carbocycles. The van der Waals surface area contributed by atoms with Crippen molar-refractivity contribution < 1.29 is 9.53 Å². The van der Waals surface area contributed by atoms with Gasteiger partial charge in [-0.3, -0.25) is 9.72 Å². The topological polar surface area (TPSA) is 81.6 Å². The van der Waals surface area contributed by atoms with Crippen LogP contribution in [0.25, 0.3) is 27.7 Å². The molecule has 6 nitrogen and oxygen atoms in total. The maximum Gasteiger partial charge on any atom is 0.411 e. The third-order valence-electron chi connectivity index (χ3n) is 4.19. The molecule has 1 amide bonds. The number of nitrogens with zero attached hydrogens (tertiary/aromatic N) is 2. The van der Waals surface area contributed by atoms with Crippen molar-refractivity contribution in [3.05, 3.63) is 46.8 Å². The summed E-state index contributed by atoms with van der Waals surface area (Å²) >= 11 is 1.67. The molecule has 3 N–H and O–H groups in total. The highest BCUT2D eigenvalue weighted by Crippen LogP contribution is 2.34. The van der Waals surface area contributed by atoms with Crippen LogP contribution in [0.3, 0.4) is 0 Å². The molecule has 4 aromatic rings. The third kappa shape index (κ3) is 2.49. The molecule has 0 unspecified atom stereocenters. The number of nitrogens with one attached hydrogen (secondary N) is 1. The number of carbonyl (C=O) groups is 1. The average Bonchev–Trinajstić information content (AvgIpc) is 3.18. The number of pyridine rings is 1. The summed E-state index contributed by atoms with van der Waals surface area (Å²) in [5, 5.41) is 6.63. The highest BCUT2D eigenvalue weighted by molar-refractivity contribution is 7.10. The van der Waals surface area contributed by atoms with Gasteiger partial charge in [0, 0.05) is 27.7 Å². The lowest BCUT2D eigenvalue weighted by Crippen LogP contribution is -2.10. The molecule has 0 aliphatic rings. The molecule has 25 heavy (non-hydrogen) atoms. The fourth-order valence-electron chi connectivity index (χ4n) is 2.91. The number of carbonyl (C=O) groups excluding carboxylic acids is 1. The number of hydrogen-bond donors (Lipinski definition) is 2. The predicted octanol–water partition coefficient (Wildman–Crippen LogP) is 4.28. The van der Waals surface area contributed by atoms with Gasteiger partial charge in [-0.05, 0) is 42.0 Å². The number of benzene rings is 1. The first-order valence-corrected chi connectivity index (χ1v) is 8.56. The fourth-order valence-corrected chi connectivity index (χ4v) is 3.61. The Morgan fingerprint density at radius 1 is 1.32 bits per heavy atom. The number of rotatable bonds is 2. The summed E-state index contributed by atoms with van der Waals surface area (Å²) in [6.07, 6.45) is 1.40. The third-order valence-corrected chi connectivity index (χ3v) is 5.04. The Bertz CT molecular complexity index is 1110. The zero-order chi connectivity index (χ0) is 17.6. The quantitative estimate of drug-likeness (QED) is 0.564. The largest absolute Gasteiger partial charge is 0.453 e. The van der Waals surface area contributed by atoms with Crippen LogP contribution in [0, 0.1) is 6.92 Å². The highest BCUT2D eigenvalue weighted by atomic mass is 32.1. The molecule has 0 saturated heterocycles. The normalized spacial score (nSPS) is 11.1. The van der Waals surface area contributed by atoms with E-state index in [1.165, 1.54) is 12.0 Å². The number of ether oxygens (including phenoxy) is 1. The van der Waals surface area contributed by atoms with E-state index >= 15 is 0 Å². The number of thiophene rings is 1. The van der Waals surface area contributed by atoms with Crippen LogP contribution < -0.4 is 11.1 Å². The second-order valence-electron chi connectivity index (χ2n) is 5.66. The second kappa shape index (κ2) is 5.78. The van der Waals surface area contributed by atoms with E-state index in [4.69, 9.17) is 10.7 Å². The summed E-state index contributed by atoms with van der Waals surface area (Å²) in [4.78, 5) is 17.4. The van der Waals surface area contributed by atoms with E-state index in [2.05, 4.69) is 17.0 Å². The lowest BCUT2D eigenvalue weighted by atomic mass is 10.1. The average molecular weight is 352 g/mol. The van der Waals surface area contributed by atoms with Gasteiger partial charge in [0.05, 0.1) is 7.11 Å². The van der Waals surface area contributed by atoms with Gasteiger partial charge in [-0.25, -0.2) is 9.78 Å². The standard InChI is InChI=1S/C18H16N4O2S/c1-10-13(6-8-25-10)15-16(19)22-7-5-11-3-4-12(20-18(23)24-2)9-14(11)17(22)21-15/h3-9H,19H2,1-2H3,(H,20,23). The molecule has 1 aromatic carbocycles. The van der Waals surface area contributed by atoms with Crippen LogP contribution in [0.2, 0.25) is 0 Å². The number of nitrogen functional groups attached to an aromatic ring is 1. The van der Waals surface area contributed by atoms with Gasteiger partial charge in [-0.15, -0.1) is 11.3 Å². The maximum absolute atomic E-state index is 11.5. The van der Waals surface area contributed by atoms with E-state index < -0.39 is 6.09 Å². The summed E-state index contributed by atoms with van der Waals surface area (Å²) < 4.78 is 6.52. The van der Waals surface area contributed by atoms with Crippen LogP contribution in [0.15, 0.2) is 41.9 Å². The summed E-state index contributed by atoms with van der Waals surface area (Å²) in [5.74, 6) is 0.602. The molecule has 7 heteroatoms. The van der Waals surface area contributed by atoms with Crippen molar-refractivity contribution in [3.8, 4) is 11.3 Å². The van der Waals surface area contributed by atoms with Crippen LogP contribution in [0.5, 0.6) is 0 Å². The first-order chi connectivity index (χ1) is 12.1. The number of aromatic nitrogens is 2. The van der Waals surface area contributed by atoms with Crippen molar-refractivity contribution in [3.63, 3.8) is 0 Å². The van der Waals surface area contributed by atoms with Crippen LogP contribution >= 0.6 is 11.3 Å². The highest BCUT2D eigenvalue weighted by Gasteiger charge is 2.16. The number of methoxy groups -OCH3 is 1. The SMILES string of the molecule is COC(=O)Nc1ccc2ccn3c(N)c(-c4ccsc4C)nc3c2c1. The fraction of sp³-hybridized carbons (Fsp3) is 0.111. The van der Waals surface area contributed by atoms with Gasteiger partial charge < -0.3 is 10.5 Å². The van der Waals surface area contributed by atoms with E-state index in [9.17, 15) is 4.79 Å². The molecule has 0 atom stereocenters. The Hall–Kier alpha value is -3.06. The number of imidazole rings is 1. The summed E-state index contributed by atoms with van der Waals surface area (Å²) in [5.41, 5.74) is 9.56. The van der Waals surface area contributed by atoms with Crippen molar-refractivity contribution >= 4 is 45.4 Å². The summed E-state index contributed by atoms with van der Waals surface area (Å²) in [6.45, 7) is 2.06. The molecular formula is C18H16N4O2S. The van der Waals surface area contributed by atoms with Gasteiger partial charge in [-0.1, -0.05) is 6.07 Å². The molecule has 3 heterocycles. The van der Waals surface area contributed by atoms with Gasteiger partial charge in [0.15, 0.2) is 0 Å². The first kappa shape index (κ1) is 15.5. The van der Waals surface area contributed by atoms with E-state index in [-0.39, 0.29) is 0 Å². The van der Waals surface area contributed by atoms with E-state index in [0.717, 1.165) is 27.7 Å². The first-order valence-electron chi connectivity index (χ1n) is 7.68. The molecule has 0 aliphatic carbocycles. The van der Waals surface area contributed by atoms with Crippen LogP contribution in [0.1, 0.15) is 4.88 Å². The van der Waals surface area contributed by atoms with Crippen molar-refractivity contribution in [2.24, 2.45) is 0 Å². The molecule has 0 fully saturated rings. The maximum atomic E-state index is 11.5. The summed E-state index contributed by atoms with van der Waals surface area (Å²) in [6, 6.07) is 9.64. The van der Waals surface area contributed by atoms with Crippen LogP contribution in [0.4, 0.5) is 16.3 Å². The molecular weight excluding hydrogens is 336 g/mol. The van der Waals surface area contributed by atoms with Crippen molar-refractivity contribution in [1.82, 2.24) is 9.38 Å². The molecule has 0 radical (unpaired) electrons. The molecule has 126 valence electrons. The molecule has 0 aliphatic heterocycles. The van der Waals surface area contributed by atoms with Gasteiger partial charge in [-0.2, -0.15) is 0 Å². The van der Waals surface area contributed by atoms with Crippen LogP contribution in [-0.2, 0) is 4.74 Å². The zero-order valence-electron chi connectivity index (χ0n) is 13.7. The number of nitrogens with two attached hydrogens (primary N) is 1. The monoisotopic (exact) mass is 352 g/mol. The molecule has 0 bridgehead atoms. The Kier molecular flexibility index (Phi) is 3.58. The smallest absolute Gasteiger partial charge is 0.411 e. The minimum atomic E-state index is -0.510. The van der Waals surface area contributed by atoms with E-state index in [1.807, 2.05) is 46.3 Å². The number of hydrogen-bond acceptors (Lipinski definition) is 5. The van der Waals surface area contributed by atoms with Crippen LogP contribution in [-0.4, -0.2) is 22.6 Å². The van der Waals surface area contributed by atoms with Crippen molar-refractivity contribution in [2.75, 3.05) is 18.2 Å². The zero-order valence-corrected chi connectivity index (χ0v) is 14.6. The second-order valence-corrected chi connectivity index (χ2v) is 6.78. The van der Waals surface area contributed by atoms with Gasteiger partial charge in [0.25, 0.3) is 0 Å². The lowest BCUT2D eigenvalue weighted by Gasteiger charge is -2.06. The Morgan fingerprint density at radius 2 is 2.16 bits per heavy atom. The Labute approximate surface area is 147 Å². The summed E-state index contributed by atoms with van der Waals surface area (Å²) in [7, 11) is 1.33. The molecule has 3 aromatic heterocycles. The minimum absolute atomic E-state index is 0.510. The number of aryl methyl sites for hydroxylation is 1. The van der Waals surface area contributed by atoms with Gasteiger partial charge >= 0.3 is 6.09 Å².